The predicted molar refractivity (Wildman–Crippen MR) is 82.8 cm³/mol. The van der Waals surface area contributed by atoms with Crippen LogP contribution in [0.1, 0.15) is 44.0 Å². The molecule has 0 saturated carbocycles. The molecule has 3 rings (SSSR count). The number of carbonyl (C=O) groups excluding carboxylic acids is 2. The van der Waals surface area contributed by atoms with Crippen LogP contribution in [0, 0.1) is 0 Å². The smallest absolute Gasteiger partial charge is 0.410 e. The lowest BCUT2D eigenvalue weighted by molar-refractivity contribution is 0.0171. The molecule has 0 bridgehead atoms. The average Bonchev–Trinajstić information content (AvgIpc) is 2.82. The summed E-state index contributed by atoms with van der Waals surface area (Å²) in [5.74, 6) is 0.428. The van der Waals surface area contributed by atoms with Gasteiger partial charge in [0, 0.05) is 13.0 Å². The van der Waals surface area contributed by atoms with Gasteiger partial charge in [0.25, 0.3) is 0 Å². The molecule has 0 radical (unpaired) electrons. The van der Waals surface area contributed by atoms with Crippen molar-refractivity contribution in [3.63, 3.8) is 0 Å². The number of phenolic OH excluding ortho intramolecular Hbond substituents is 1. The lowest BCUT2D eigenvalue weighted by Gasteiger charge is -2.34. The molecule has 0 aliphatic carbocycles. The summed E-state index contributed by atoms with van der Waals surface area (Å²) in [7, 11) is 0. The normalized spacial score (nSPS) is 23.6. The van der Waals surface area contributed by atoms with Gasteiger partial charge in [-0.3, -0.25) is 4.79 Å². The zero-order valence-corrected chi connectivity index (χ0v) is 13.6. The van der Waals surface area contributed by atoms with Gasteiger partial charge in [-0.2, -0.15) is 0 Å². The van der Waals surface area contributed by atoms with Crippen molar-refractivity contribution < 1.29 is 24.2 Å². The van der Waals surface area contributed by atoms with E-state index < -0.39 is 11.2 Å². The summed E-state index contributed by atoms with van der Waals surface area (Å²) in [6.07, 6.45) is 0.392. The first kappa shape index (κ1) is 15.6. The van der Waals surface area contributed by atoms with Crippen molar-refractivity contribution in [3.05, 3.63) is 23.8 Å². The highest BCUT2D eigenvalue weighted by Crippen LogP contribution is 2.40. The number of ether oxygens (including phenoxy) is 2. The number of nitrogens with zero attached hydrogens (tertiary/aromatic N) is 1. The van der Waals surface area contributed by atoms with Crippen molar-refractivity contribution in [2.75, 3.05) is 13.1 Å². The Bertz CT molecular complexity index is 663. The first-order valence-electron chi connectivity index (χ1n) is 7.71. The van der Waals surface area contributed by atoms with Gasteiger partial charge < -0.3 is 19.5 Å². The molecule has 6 heteroatoms. The van der Waals surface area contributed by atoms with Gasteiger partial charge in [0.15, 0.2) is 5.78 Å². The number of fused-ring (bicyclic) bond motifs is 1. The Balaban J connectivity index is 1.77. The highest BCUT2D eigenvalue weighted by Gasteiger charge is 2.47. The maximum atomic E-state index is 12.4. The number of carbonyl (C=O) groups is 2. The van der Waals surface area contributed by atoms with E-state index in [2.05, 4.69) is 0 Å². The number of rotatable bonds is 0. The van der Waals surface area contributed by atoms with Crippen LogP contribution in [0.2, 0.25) is 0 Å². The molecule has 124 valence electrons. The number of phenols is 1. The molecule has 2 heterocycles. The number of hydrogen-bond donors (Lipinski definition) is 1. The summed E-state index contributed by atoms with van der Waals surface area (Å²) in [5, 5.41) is 9.51. The Morgan fingerprint density at radius 3 is 2.83 bits per heavy atom. The van der Waals surface area contributed by atoms with Crippen molar-refractivity contribution in [1.29, 1.82) is 0 Å². The van der Waals surface area contributed by atoms with Gasteiger partial charge in [-0.25, -0.2) is 4.79 Å². The van der Waals surface area contributed by atoms with E-state index in [4.69, 9.17) is 9.47 Å². The Morgan fingerprint density at radius 2 is 2.13 bits per heavy atom. The molecule has 0 unspecified atom stereocenters. The van der Waals surface area contributed by atoms with Crippen LogP contribution in [0.15, 0.2) is 18.2 Å². The fourth-order valence-corrected chi connectivity index (χ4v) is 3.04. The van der Waals surface area contributed by atoms with Gasteiger partial charge in [0.1, 0.15) is 22.7 Å². The van der Waals surface area contributed by atoms with Gasteiger partial charge in [0.2, 0.25) is 0 Å². The summed E-state index contributed by atoms with van der Waals surface area (Å²) in [6, 6.07) is 4.51. The fraction of sp³-hybridized carbons (Fsp3) is 0.529. The van der Waals surface area contributed by atoms with Crippen LogP contribution >= 0.6 is 0 Å². The molecule has 1 spiro atoms. The van der Waals surface area contributed by atoms with Crippen LogP contribution < -0.4 is 4.74 Å². The number of amides is 1. The third-order valence-electron chi connectivity index (χ3n) is 4.04. The molecule has 1 N–H and O–H groups in total. The first-order chi connectivity index (χ1) is 10.7. The first-order valence-corrected chi connectivity index (χ1v) is 7.71. The molecular weight excluding hydrogens is 298 g/mol. The van der Waals surface area contributed by atoms with Gasteiger partial charge in [-0.05, 0) is 39.0 Å². The van der Waals surface area contributed by atoms with E-state index in [0.29, 0.717) is 30.8 Å². The van der Waals surface area contributed by atoms with Gasteiger partial charge in [0.05, 0.1) is 18.5 Å². The second-order valence-electron chi connectivity index (χ2n) is 7.22. The van der Waals surface area contributed by atoms with Crippen molar-refractivity contribution in [1.82, 2.24) is 4.90 Å². The van der Waals surface area contributed by atoms with E-state index in [1.165, 1.54) is 12.1 Å². The van der Waals surface area contributed by atoms with Crippen LogP contribution in [0.5, 0.6) is 11.5 Å². The third-order valence-corrected chi connectivity index (χ3v) is 4.04. The van der Waals surface area contributed by atoms with Crippen LogP contribution in [-0.2, 0) is 4.74 Å². The van der Waals surface area contributed by atoms with E-state index in [-0.39, 0.29) is 24.0 Å². The zero-order valence-electron chi connectivity index (χ0n) is 13.6. The highest BCUT2D eigenvalue weighted by molar-refractivity contribution is 6.00. The van der Waals surface area contributed by atoms with E-state index in [1.54, 1.807) is 11.0 Å². The maximum Gasteiger partial charge on any atom is 0.410 e. The summed E-state index contributed by atoms with van der Waals surface area (Å²) in [4.78, 5) is 26.2. The molecular formula is C17H21NO5. The Labute approximate surface area is 135 Å². The van der Waals surface area contributed by atoms with E-state index in [0.717, 1.165) is 0 Å². The van der Waals surface area contributed by atoms with Gasteiger partial charge in [-0.15, -0.1) is 0 Å². The predicted octanol–water partition coefficient (Wildman–Crippen LogP) is 2.74. The molecule has 6 nitrogen and oxygen atoms in total. The van der Waals surface area contributed by atoms with Crippen molar-refractivity contribution in [2.24, 2.45) is 0 Å². The van der Waals surface area contributed by atoms with Crippen LogP contribution in [0.25, 0.3) is 0 Å². The molecule has 1 fully saturated rings. The Morgan fingerprint density at radius 1 is 1.39 bits per heavy atom. The summed E-state index contributed by atoms with van der Waals surface area (Å²) < 4.78 is 11.4. The monoisotopic (exact) mass is 319 g/mol. The maximum absolute atomic E-state index is 12.4. The van der Waals surface area contributed by atoms with Gasteiger partial charge >= 0.3 is 6.09 Å². The van der Waals surface area contributed by atoms with Crippen LogP contribution in [-0.4, -0.2) is 46.2 Å². The van der Waals surface area contributed by atoms with E-state index in [1.807, 2.05) is 20.8 Å². The lowest BCUT2D eigenvalue weighted by Crippen LogP contribution is -2.46. The molecule has 0 aromatic heterocycles. The second-order valence-corrected chi connectivity index (χ2v) is 7.22. The zero-order chi connectivity index (χ0) is 16.8. The quantitative estimate of drug-likeness (QED) is 0.795. The average molecular weight is 319 g/mol. The molecule has 2 aliphatic heterocycles. The third kappa shape index (κ3) is 3.11. The second kappa shape index (κ2) is 5.15. The highest BCUT2D eigenvalue weighted by atomic mass is 16.6. The molecule has 1 aromatic carbocycles. The minimum Gasteiger partial charge on any atom is -0.508 e. The molecule has 1 saturated heterocycles. The van der Waals surface area contributed by atoms with E-state index in [9.17, 15) is 14.7 Å². The van der Waals surface area contributed by atoms with E-state index >= 15 is 0 Å². The van der Waals surface area contributed by atoms with Crippen LogP contribution in [0.4, 0.5) is 4.79 Å². The summed E-state index contributed by atoms with van der Waals surface area (Å²) >= 11 is 0. The number of likely N-dealkylation sites (tertiary alicyclic amines) is 1. The van der Waals surface area contributed by atoms with Crippen molar-refractivity contribution in [3.8, 4) is 11.5 Å². The standard InChI is InChI=1S/C17H21NO5/c1-16(2,3)23-15(21)18-7-6-17(10-18)9-13(20)12-8-11(19)4-5-14(12)22-17/h4-5,8,19H,6-7,9-10H2,1-3H3/t17-/m1/s1. The number of Topliss-reactive ketones (excluding diaryl/α,β-unsaturated/α-hetero) is 1. The fourth-order valence-electron chi connectivity index (χ4n) is 3.04. The van der Waals surface area contributed by atoms with Gasteiger partial charge in [-0.1, -0.05) is 0 Å². The number of aromatic hydroxyl groups is 1. The molecule has 23 heavy (non-hydrogen) atoms. The largest absolute Gasteiger partial charge is 0.508 e. The molecule has 1 amide bonds. The minimum absolute atomic E-state index is 0.0402. The SMILES string of the molecule is CC(C)(C)OC(=O)N1CC[C@@]2(CC(=O)c3cc(O)ccc3O2)C1. The minimum atomic E-state index is -0.696. The topological polar surface area (TPSA) is 76.1 Å². The Kier molecular flexibility index (Phi) is 3.50. The van der Waals surface area contributed by atoms with Crippen molar-refractivity contribution >= 4 is 11.9 Å². The lowest BCUT2D eigenvalue weighted by atomic mass is 9.89. The Hall–Kier alpha value is -2.24. The number of hydrogen-bond acceptors (Lipinski definition) is 5. The molecule has 1 atom stereocenters. The number of ketones is 1. The molecule has 1 aromatic rings. The number of benzene rings is 1. The summed E-state index contributed by atoms with van der Waals surface area (Å²) in [6.45, 7) is 6.28. The molecule has 2 aliphatic rings. The van der Waals surface area contributed by atoms with Crippen LogP contribution in [0.3, 0.4) is 0 Å². The van der Waals surface area contributed by atoms with Crippen molar-refractivity contribution in [2.45, 2.75) is 44.8 Å². The summed E-state index contributed by atoms with van der Waals surface area (Å²) in [5.41, 5.74) is -0.857.